The van der Waals surface area contributed by atoms with E-state index in [2.05, 4.69) is 54.2 Å². The number of hydrogen-bond acceptors (Lipinski definition) is 2. The van der Waals surface area contributed by atoms with E-state index >= 15 is 0 Å². The minimum absolute atomic E-state index is 0.770. The van der Waals surface area contributed by atoms with E-state index in [0.717, 1.165) is 49.0 Å². The molecule has 0 atom stereocenters. The lowest BCUT2D eigenvalue weighted by molar-refractivity contribution is 0.595. The Bertz CT molecular complexity index is 556. The number of halogens is 1. The van der Waals surface area contributed by atoms with Crippen molar-refractivity contribution in [3.05, 3.63) is 40.4 Å². The van der Waals surface area contributed by atoms with Gasteiger partial charge in [0, 0.05) is 25.5 Å². The van der Waals surface area contributed by atoms with Crippen molar-refractivity contribution in [2.24, 2.45) is 0 Å². The van der Waals surface area contributed by atoms with Gasteiger partial charge < -0.3 is 9.88 Å². The summed E-state index contributed by atoms with van der Waals surface area (Å²) >= 11 is 6.44. The maximum Gasteiger partial charge on any atom is 0.0868 e. The second kappa shape index (κ2) is 6.95. The second-order valence-electron chi connectivity index (χ2n) is 4.85. The average molecular weight is 295 g/mol. The molecular formula is C15H23ClN4. The summed E-state index contributed by atoms with van der Waals surface area (Å²) in [5, 5.41) is 8.71. The average Bonchev–Trinajstić information content (AvgIpc) is 3.03. The number of nitrogens with zero attached hydrogens (tertiary/aromatic N) is 3. The Morgan fingerprint density at radius 2 is 2.10 bits per heavy atom. The Balaban J connectivity index is 2.16. The van der Waals surface area contributed by atoms with Crippen molar-refractivity contribution < 1.29 is 0 Å². The Kier molecular flexibility index (Phi) is 5.26. The van der Waals surface area contributed by atoms with Gasteiger partial charge in [0.25, 0.3) is 0 Å². The molecule has 2 rings (SSSR count). The van der Waals surface area contributed by atoms with Crippen molar-refractivity contribution in [2.45, 2.75) is 46.8 Å². The summed E-state index contributed by atoms with van der Waals surface area (Å²) in [7, 11) is 0. The van der Waals surface area contributed by atoms with E-state index in [0.29, 0.717) is 0 Å². The normalized spacial score (nSPS) is 11.2. The molecule has 0 fully saturated rings. The number of aromatic nitrogens is 3. The van der Waals surface area contributed by atoms with Crippen LogP contribution in [0.15, 0.2) is 18.5 Å². The van der Waals surface area contributed by atoms with Gasteiger partial charge in [0.1, 0.15) is 0 Å². The zero-order valence-corrected chi connectivity index (χ0v) is 13.2. The SMILES string of the molecule is CCNCc1ccn(Cc2c(Cl)c(CC)nn2CC)c1. The van der Waals surface area contributed by atoms with Crippen molar-refractivity contribution in [1.29, 1.82) is 0 Å². The fourth-order valence-corrected chi connectivity index (χ4v) is 2.63. The third kappa shape index (κ3) is 3.25. The van der Waals surface area contributed by atoms with Crippen molar-refractivity contribution in [3.8, 4) is 0 Å². The van der Waals surface area contributed by atoms with Crippen LogP contribution in [0.3, 0.4) is 0 Å². The lowest BCUT2D eigenvalue weighted by Gasteiger charge is -2.06. The maximum atomic E-state index is 6.44. The van der Waals surface area contributed by atoms with Crippen LogP contribution in [0.1, 0.15) is 37.7 Å². The molecule has 0 aliphatic carbocycles. The van der Waals surface area contributed by atoms with E-state index in [-0.39, 0.29) is 0 Å². The molecule has 0 radical (unpaired) electrons. The molecule has 0 saturated heterocycles. The third-order valence-corrected chi connectivity index (χ3v) is 3.85. The Morgan fingerprint density at radius 1 is 1.30 bits per heavy atom. The van der Waals surface area contributed by atoms with Crippen LogP contribution in [0.5, 0.6) is 0 Å². The van der Waals surface area contributed by atoms with Gasteiger partial charge in [-0.3, -0.25) is 4.68 Å². The molecule has 0 aromatic carbocycles. The van der Waals surface area contributed by atoms with Crippen molar-refractivity contribution >= 4 is 11.6 Å². The predicted molar refractivity (Wildman–Crippen MR) is 83.2 cm³/mol. The van der Waals surface area contributed by atoms with Gasteiger partial charge in [0.05, 0.1) is 23.0 Å². The van der Waals surface area contributed by atoms with Gasteiger partial charge in [-0.15, -0.1) is 0 Å². The van der Waals surface area contributed by atoms with Crippen LogP contribution < -0.4 is 5.32 Å². The van der Waals surface area contributed by atoms with E-state index in [9.17, 15) is 0 Å². The van der Waals surface area contributed by atoms with E-state index in [1.54, 1.807) is 0 Å². The highest BCUT2D eigenvalue weighted by Crippen LogP contribution is 2.22. The lowest BCUT2D eigenvalue weighted by Crippen LogP contribution is -2.11. The number of hydrogen-bond donors (Lipinski definition) is 1. The Morgan fingerprint density at radius 3 is 2.75 bits per heavy atom. The summed E-state index contributed by atoms with van der Waals surface area (Å²) in [6.07, 6.45) is 5.13. The zero-order chi connectivity index (χ0) is 14.5. The van der Waals surface area contributed by atoms with Crippen LogP contribution in [-0.2, 0) is 26.1 Å². The number of rotatable bonds is 7. The first kappa shape index (κ1) is 15.1. The number of nitrogens with one attached hydrogen (secondary N) is 1. The molecule has 2 heterocycles. The minimum atomic E-state index is 0.770. The molecule has 110 valence electrons. The fourth-order valence-electron chi connectivity index (χ4n) is 2.30. The Hall–Kier alpha value is -1.26. The molecule has 1 N–H and O–H groups in total. The van der Waals surface area contributed by atoms with Gasteiger partial charge in [-0.05, 0) is 31.5 Å². The highest BCUT2D eigenvalue weighted by Gasteiger charge is 2.14. The highest BCUT2D eigenvalue weighted by atomic mass is 35.5. The smallest absolute Gasteiger partial charge is 0.0868 e. The monoisotopic (exact) mass is 294 g/mol. The van der Waals surface area contributed by atoms with Gasteiger partial charge >= 0.3 is 0 Å². The third-order valence-electron chi connectivity index (χ3n) is 3.42. The molecule has 5 heteroatoms. The minimum Gasteiger partial charge on any atom is -0.348 e. The summed E-state index contributed by atoms with van der Waals surface area (Å²) in [6, 6.07) is 2.14. The first-order chi connectivity index (χ1) is 9.69. The molecular weight excluding hydrogens is 272 g/mol. The molecule has 2 aromatic rings. The largest absolute Gasteiger partial charge is 0.348 e. The molecule has 0 saturated carbocycles. The number of aryl methyl sites for hydroxylation is 2. The topological polar surface area (TPSA) is 34.8 Å². The van der Waals surface area contributed by atoms with E-state index in [1.807, 2.05) is 4.68 Å². The first-order valence-electron chi connectivity index (χ1n) is 7.28. The van der Waals surface area contributed by atoms with Crippen molar-refractivity contribution in [2.75, 3.05) is 6.54 Å². The van der Waals surface area contributed by atoms with Crippen LogP contribution in [-0.4, -0.2) is 20.9 Å². The summed E-state index contributed by atoms with van der Waals surface area (Å²) in [6.45, 7) is 9.81. The molecule has 2 aromatic heterocycles. The van der Waals surface area contributed by atoms with Crippen LogP contribution in [0, 0.1) is 0 Å². The van der Waals surface area contributed by atoms with Crippen LogP contribution >= 0.6 is 11.6 Å². The quantitative estimate of drug-likeness (QED) is 0.852. The van der Waals surface area contributed by atoms with E-state index in [4.69, 9.17) is 11.6 Å². The molecule has 0 unspecified atom stereocenters. The zero-order valence-electron chi connectivity index (χ0n) is 12.5. The molecule has 0 amide bonds. The van der Waals surface area contributed by atoms with Crippen LogP contribution in [0.4, 0.5) is 0 Å². The molecule has 0 spiro atoms. The fraction of sp³-hybridized carbons (Fsp3) is 0.533. The van der Waals surface area contributed by atoms with Gasteiger partial charge in [0.2, 0.25) is 0 Å². The lowest BCUT2D eigenvalue weighted by atomic mass is 10.3. The van der Waals surface area contributed by atoms with E-state index in [1.165, 1.54) is 5.56 Å². The maximum absolute atomic E-state index is 6.44. The second-order valence-corrected chi connectivity index (χ2v) is 5.23. The summed E-state index contributed by atoms with van der Waals surface area (Å²) < 4.78 is 4.17. The van der Waals surface area contributed by atoms with E-state index < -0.39 is 0 Å². The Labute approximate surface area is 125 Å². The predicted octanol–water partition coefficient (Wildman–Crippen LogP) is 3.08. The van der Waals surface area contributed by atoms with Gasteiger partial charge in [-0.2, -0.15) is 5.10 Å². The van der Waals surface area contributed by atoms with Crippen LogP contribution in [0.25, 0.3) is 0 Å². The standard InChI is InChI=1S/C15H23ClN4/c1-4-13-15(16)14(20(6-3)18-13)11-19-8-7-12(10-19)9-17-5-2/h7-8,10,17H,4-6,9,11H2,1-3H3. The van der Waals surface area contributed by atoms with Gasteiger partial charge in [-0.1, -0.05) is 25.4 Å². The molecule has 20 heavy (non-hydrogen) atoms. The molecule has 4 nitrogen and oxygen atoms in total. The summed E-state index contributed by atoms with van der Waals surface area (Å²) in [5.41, 5.74) is 3.38. The summed E-state index contributed by atoms with van der Waals surface area (Å²) in [5.74, 6) is 0. The molecule has 0 aliphatic rings. The first-order valence-corrected chi connectivity index (χ1v) is 7.66. The highest BCUT2D eigenvalue weighted by molar-refractivity contribution is 6.31. The van der Waals surface area contributed by atoms with Gasteiger partial charge in [0.15, 0.2) is 0 Å². The summed E-state index contributed by atoms with van der Waals surface area (Å²) in [4.78, 5) is 0. The molecule has 0 bridgehead atoms. The van der Waals surface area contributed by atoms with Crippen molar-refractivity contribution in [1.82, 2.24) is 19.7 Å². The molecule has 0 aliphatic heterocycles. The van der Waals surface area contributed by atoms with Crippen molar-refractivity contribution in [3.63, 3.8) is 0 Å². The van der Waals surface area contributed by atoms with Gasteiger partial charge in [-0.25, -0.2) is 0 Å². The van der Waals surface area contributed by atoms with Crippen LogP contribution in [0.2, 0.25) is 5.02 Å².